The van der Waals surface area contributed by atoms with E-state index in [4.69, 9.17) is 0 Å². The highest BCUT2D eigenvalue weighted by atomic mass is 19.3. The number of hydrogen-bond donors (Lipinski definition) is 0. The minimum atomic E-state index is -2.84. The molecule has 0 saturated heterocycles. The molecule has 0 aromatic heterocycles. The summed E-state index contributed by atoms with van der Waals surface area (Å²) in [5.74, 6) is -2.84. The van der Waals surface area contributed by atoms with Gasteiger partial charge in [-0.05, 0) is 13.0 Å². The predicted molar refractivity (Wildman–Crippen MR) is 47.9 cm³/mol. The minimum absolute atomic E-state index is 0.203. The van der Waals surface area contributed by atoms with Crippen LogP contribution in [0.3, 0.4) is 0 Å². The van der Waals surface area contributed by atoms with Crippen molar-refractivity contribution >= 4 is 5.71 Å². The first-order chi connectivity index (χ1) is 5.38. The molecule has 0 amide bonds. The van der Waals surface area contributed by atoms with Crippen LogP contribution in [0.2, 0.25) is 0 Å². The van der Waals surface area contributed by atoms with E-state index in [2.05, 4.69) is 11.6 Å². The highest BCUT2D eigenvalue weighted by molar-refractivity contribution is 5.93. The maximum Gasteiger partial charge on any atom is 0.269 e. The summed E-state index contributed by atoms with van der Waals surface area (Å²) in [6.45, 7) is 5.79. The summed E-state index contributed by atoms with van der Waals surface area (Å²) in [4.78, 5) is 3.79. The lowest BCUT2D eigenvalue weighted by Crippen LogP contribution is -2.10. The van der Waals surface area contributed by atoms with Gasteiger partial charge in [-0.15, -0.1) is 0 Å². The number of rotatable bonds is 3. The SMILES string of the molecule is C=C(/C=C\C(C)=NC)C(C)(F)F. The van der Waals surface area contributed by atoms with E-state index in [-0.39, 0.29) is 5.57 Å². The second-order valence-electron chi connectivity index (χ2n) is 2.61. The molecule has 0 aromatic rings. The molecule has 0 atom stereocenters. The summed E-state index contributed by atoms with van der Waals surface area (Å²) < 4.78 is 25.0. The standard InChI is InChI=1S/C9H13F2N/c1-7(9(3,10)11)5-6-8(2)12-4/h5-6H,1H2,2-4H3/b6-5-,12-8?. The van der Waals surface area contributed by atoms with Crippen LogP contribution in [0.4, 0.5) is 8.78 Å². The van der Waals surface area contributed by atoms with Crippen molar-refractivity contribution < 1.29 is 8.78 Å². The number of hydrogen-bond acceptors (Lipinski definition) is 1. The summed E-state index contributed by atoms with van der Waals surface area (Å²) in [5, 5.41) is 0. The summed E-state index contributed by atoms with van der Waals surface area (Å²) in [7, 11) is 1.60. The van der Waals surface area contributed by atoms with Gasteiger partial charge in [-0.25, -0.2) is 8.78 Å². The fraction of sp³-hybridized carbons (Fsp3) is 0.444. The van der Waals surface area contributed by atoms with Gasteiger partial charge in [0, 0.05) is 25.3 Å². The maximum atomic E-state index is 12.5. The van der Waals surface area contributed by atoms with Crippen LogP contribution in [0, 0.1) is 0 Å². The van der Waals surface area contributed by atoms with Crippen LogP contribution in [0.5, 0.6) is 0 Å². The highest BCUT2D eigenvalue weighted by Crippen LogP contribution is 2.21. The zero-order chi connectivity index (χ0) is 9.78. The predicted octanol–water partition coefficient (Wildman–Crippen LogP) is 2.84. The average Bonchev–Trinajstić information content (AvgIpc) is 1.97. The zero-order valence-electron chi connectivity index (χ0n) is 7.56. The molecule has 3 heteroatoms. The van der Waals surface area contributed by atoms with Gasteiger partial charge in [0.15, 0.2) is 0 Å². The number of allylic oxidation sites excluding steroid dienone is 3. The topological polar surface area (TPSA) is 12.4 Å². The molecular weight excluding hydrogens is 160 g/mol. The van der Waals surface area contributed by atoms with Crippen molar-refractivity contribution in [2.24, 2.45) is 4.99 Å². The summed E-state index contributed by atoms with van der Waals surface area (Å²) in [5.41, 5.74) is 0.492. The zero-order valence-corrected chi connectivity index (χ0v) is 7.56. The lowest BCUT2D eigenvalue weighted by Gasteiger charge is -2.08. The Labute approximate surface area is 71.5 Å². The first-order valence-electron chi connectivity index (χ1n) is 3.56. The smallest absolute Gasteiger partial charge is 0.269 e. The molecule has 1 nitrogen and oxygen atoms in total. The second-order valence-corrected chi connectivity index (χ2v) is 2.61. The van der Waals surface area contributed by atoms with E-state index in [1.165, 1.54) is 12.2 Å². The van der Waals surface area contributed by atoms with E-state index in [1.807, 2.05) is 0 Å². The lowest BCUT2D eigenvalue weighted by atomic mass is 10.1. The van der Waals surface area contributed by atoms with E-state index < -0.39 is 5.92 Å². The van der Waals surface area contributed by atoms with Crippen molar-refractivity contribution in [2.45, 2.75) is 19.8 Å². The van der Waals surface area contributed by atoms with Crippen molar-refractivity contribution in [3.8, 4) is 0 Å². The van der Waals surface area contributed by atoms with Gasteiger partial charge in [-0.1, -0.05) is 12.7 Å². The molecule has 0 heterocycles. The van der Waals surface area contributed by atoms with Gasteiger partial charge in [0.1, 0.15) is 0 Å². The Morgan fingerprint density at radius 1 is 1.42 bits per heavy atom. The first-order valence-corrected chi connectivity index (χ1v) is 3.56. The lowest BCUT2D eigenvalue weighted by molar-refractivity contribution is 0.0680. The summed E-state index contributed by atoms with van der Waals surface area (Å²) >= 11 is 0. The third kappa shape index (κ3) is 4.01. The van der Waals surface area contributed by atoms with Gasteiger partial charge in [-0.2, -0.15) is 0 Å². The number of halogens is 2. The molecule has 0 aliphatic rings. The van der Waals surface area contributed by atoms with Crippen molar-refractivity contribution in [2.75, 3.05) is 7.05 Å². The van der Waals surface area contributed by atoms with E-state index in [1.54, 1.807) is 14.0 Å². The number of alkyl halides is 2. The third-order valence-electron chi connectivity index (χ3n) is 1.44. The van der Waals surface area contributed by atoms with Crippen LogP contribution in [0.15, 0.2) is 29.3 Å². The summed E-state index contributed by atoms with van der Waals surface area (Å²) in [6.07, 6.45) is 2.79. The van der Waals surface area contributed by atoms with Crippen LogP contribution in [0.1, 0.15) is 13.8 Å². The molecule has 0 N–H and O–H groups in total. The van der Waals surface area contributed by atoms with Crippen molar-refractivity contribution in [1.82, 2.24) is 0 Å². The quantitative estimate of drug-likeness (QED) is 0.459. The molecule has 0 spiro atoms. The molecule has 0 aliphatic heterocycles. The van der Waals surface area contributed by atoms with Crippen LogP contribution in [-0.4, -0.2) is 18.7 Å². The first kappa shape index (κ1) is 11.0. The van der Waals surface area contributed by atoms with Gasteiger partial charge >= 0.3 is 0 Å². The molecule has 0 aliphatic carbocycles. The normalized spacial score (nSPS) is 13.9. The van der Waals surface area contributed by atoms with E-state index in [9.17, 15) is 8.78 Å². The van der Waals surface area contributed by atoms with Gasteiger partial charge in [0.05, 0.1) is 0 Å². The van der Waals surface area contributed by atoms with Crippen molar-refractivity contribution in [1.29, 1.82) is 0 Å². The third-order valence-corrected chi connectivity index (χ3v) is 1.44. The molecular formula is C9H13F2N. The molecule has 0 fully saturated rings. The van der Waals surface area contributed by atoms with Crippen molar-refractivity contribution in [3.05, 3.63) is 24.3 Å². The molecule has 12 heavy (non-hydrogen) atoms. The number of aliphatic imine (C=N–C) groups is 1. The Kier molecular flexibility index (Phi) is 3.80. The number of nitrogens with zero attached hydrogens (tertiary/aromatic N) is 1. The highest BCUT2D eigenvalue weighted by Gasteiger charge is 2.22. The fourth-order valence-electron chi connectivity index (χ4n) is 0.442. The molecule has 0 saturated carbocycles. The monoisotopic (exact) mass is 173 g/mol. The molecule has 0 radical (unpaired) electrons. The second kappa shape index (κ2) is 4.14. The van der Waals surface area contributed by atoms with Gasteiger partial charge < -0.3 is 0 Å². The van der Waals surface area contributed by atoms with E-state index in [0.717, 1.165) is 6.92 Å². The largest absolute Gasteiger partial charge is 0.293 e. The van der Waals surface area contributed by atoms with Crippen LogP contribution >= 0.6 is 0 Å². The van der Waals surface area contributed by atoms with Crippen LogP contribution in [0.25, 0.3) is 0 Å². The van der Waals surface area contributed by atoms with E-state index >= 15 is 0 Å². The Hall–Kier alpha value is -0.990. The Morgan fingerprint density at radius 3 is 2.25 bits per heavy atom. The van der Waals surface area contributed by atoms with Crippen molar-refractivity contribution in [3.63, 3.8) is 0 Å². The van der Waals surface area contributed by atoms with Crippen LogP contribution in [-0.2, 0) is 0 Å². The van der Waals surface area contributed by atoms with Gasteiger partial charge in [0.2, 0.25) is 0 Å². The Bertz CT molecular complexity index is 221. The molecule has 0 aromatic carbocycles. The molecule has 0 unspecified atom stereocenters. The minimum Gasteiger partial charge on any atom is -0.293 e. The van der Waals surface area contributed by atoms with E-state index in [0.29, 0.717) is 5.71 Å². The fourth-order valence-corrected chi connectivity index (χ4v) is 0.442. The molecule has 0 bridgehead atoms. The molecule has 0 rings (SSSR count). The van der Waals surface area contributed by atoms with Gasteiger partial charge in [0.25, 0.3) is 5.92 Å². The summed E-state index contributed by atoms with van der Waals surface area (Å²) in [6, 6.07) is 0. The Balaban J connectivity index is 4.29. The van der Waals surface area contributed by atoms with Crippen LogP contribution < -0.4 is 0 Å². The average molecular weight is 173 g/mol. The Morgan fingerprint density at radius 2 is 1.92 bits per heavy atom. The molecule has 68 valence electrons. The maximum absolute atomic E-state index is 12.5. The van der Waals surface area contributed by atoms with Gasteiger partial charge in [-0.3, -0.25) is 4.99 Å².